The van der Waals surface area contributed by atoms with Crippen LogP contribution in [-0.4, -0.2) is 26.5 Å². The monoisotopic (exact) mass is 323 g/mol. The Bertz CT molecular complexity index is 525. The van der Waals surface area contributed by atoms with Gasteiger partial charge >= 0.3 is 0 Å². The predicted octanol–water partition coefficient (Wildman–Crippen LogP) is 2.54. The van der Waals surface area contributed by atoms with Crippen LogP contribution in [0.2, 0.25) is 0 Å². The van der Waals surface area contributed by atoms with E-state index in [2.05, 4.69) is 50.4 Å². The van der Waals surface area contributed by atoms with Crippen LogP contribution in [0, 0.1) is 0 Å². The molecule has 0 saturated carbocycles. The van der Waals surface area contributed by atoms with E-state index in [0.29, 0.717) is 0 Å². The van der Waals surface area contributed by atoms with Gasteiger partial charge in [-0.05, 0) is 41.0 Å². The molecule has 19 heavy (non-hydrogen) atoms. The summed E-state index contributed by atoms with van der Waals surface area (Å²) in [6.07, 6.45) is 4.64. The molecular formula is C13H18BrN5. The Morgan fingerprint density at radius 3 is 2.95 bits per heavy atom. The lowest BCUT2D eigenvalue weighted by Gasteiger charge is -2.19. The van der Waals surface area contributed by atoms with Gasteiger partial charge in [-0.1, -0.05) is 19.1 Å². The minimum absolute atomic E-state index is 0.00197. The number of hydrogen-bond acceptors (Lipinski definition) is 4. The SMILES string of the molecule is CCCn1nncc1C(NCC)c1ncccc1Br. The van der Waals surface area contributed by atoms with Gasteiger partial charge in [0.15, 0.2) is 0 Å². The van der Waals surface area contributed by atoms with Crippen LogP contribution in [0.5, 0.6) is 0 Å². The Morgan fingerprint density at radius 1 is 1.42 bits per heavy atom. The molecule has 102 valence electrons. The first-order valence-corrected chi connectivity index (χ1v) is 7.29. The van der Waals surface area contributed by atoms with Gasteiger partial charge in [0, 0.05) is 17.2 Å². The standard InChI is InChI=1S/C13H18BrN5/c1-3-8-19-11(9-17-18-19)13(15-4-2)12-10(14)6-5-7-16-12/h5-7,9,13,15H,3-4,8H2,1-2H3. The number of nitrogens with zero attached hydrogens (tertiary/aromatic N) is 4. The van der Waals surface area contributed by atoms with E-state index in [0.717, 1.165) is 35.4 Å². The Labute approximate surface area is 121 Å². The number of pyridine rings is 1. The third kappa shape index (κ3) is 3.19. The molecule has 0 spiro atoms. The van der Waals surface area contributed by atoms with Crippen molar-refractivity contribution in [2.24, 2.45) is 0 Å². The molecular weight excluding hydrogens is 306 g/mol. The summed E-state index contributed by atoms with van der Waals surface area (Å²) >= 11 is 3.56. The number of rotatable bonds is 6. The maximum absolute atomic E-state index is 4.48. The molecule has 6 heteroatoms. The van der Waals surface area contributed by atoms with Crippen LogP contribution >= 0.6 is 15.9 Å². The van der Waals surface area contributed by atoms with Crippen molar-refractivity contribution in [3.63, 3.8) is 0 Å². The highest BCUT2D eigenvalue weighted by Crippen LogP contribution is 2.26. The van der Waals surface area contributed by atoms with E-state index in [1.165, 1.54) is 0 Å². The van der Waals surface area contributed by atoms with E-state index in [1.807, 2.05) is 23.0 Å². The van der Waals surface area contributed by atoms with Gasteiger partial charge in [-0.15, -0.1) is 5.10 Å². The number of nitrogens with one attached hydrogen (secondary N) is 1. The molecule has 0 bridgehead atoms. The lowest BCUT2D eigenvalue weighted by atomic mass is 10.1. The van der Waals surface area contributed by atoms with E-state index in [4.69, 9.17) is 0 Å². The third-order valence-electron chi connectivity index (χ3n) is 2.85. The van der Waals surface area contributed by atoms with Crippen LogP contribution in [0.15, 0.2) is 29.0 Å². The maximum atomic E-state index is 4.48. The first-order valence-electron chi connectivity index (χ1n) is 6.50. The van der Waals surface area contributed by atoms with Gasteiger partial charge in [0.1, 0.15) is 0 Å². The molecule has 0 aliphatic carbocycles. The van der Waals surface area contributed by atoms with Gasteiger partial charge in [-0.3, -0.25) is 4.98 Å². The van der Waals surface area contributed by atoms with Crippen molar-refractivity contribution in [1.29, 1.82) is 0 Å². The van der Waals surface area contributed by atoms with Gasteiger partial charge < -0.3 is 5.32 Å². The summed E-state index contributed by atoms with van der Waals surface area (Å²) in [5.74, 6) is 0. The number of aromatic nitrogens is 4. The summed E-state index contributed by atoms with van der Waals surface area (Å²) < 4.78 is 2.93. The van der Waals surface area contributed by atoms with E-state index in [9.17, 15) is 0 Å². The summed E-state index contributed by atoms with van der Waals surface area (Å²) in [6, 6.07) is 3.92. The lowest BCUT2D eigenvalue weighted by molar-refractivity contribution is 0.505. The van der Waals surface area contributed by atoms with Gasteiger partial charge in [0.25, 0.3) is 0 Å². The van der Waals surface area contributed by atoms with Crippen LogP contribution in [0.25, 0.3) is 0 Å². The van der Waals surface area contributed by atoms with E-state index < -0.39 is 0 Å². The Morgan fingerprint density at radius 2 is 2.26 bits per heavy atom. The van der Waals surface area contributed by atoms with E-state index in [1.54, 1.807) is 6.20 Å². The zero-order chi connectivity index (χ0) is 13.7. The summed E-state index contributed by atoms with van der Waals surface area (Å²) in [5.41, 5.74) is 2.01. The van der Waals surface area contributed by atoms with Gasteiger partial charge in [-0.2, -0.15) is 0 Å². The normalized spacial score (nSPS) is 12.6. The van der Waals surface area contributed by atoms with Crippen molar-refractivity contribution >= 4 is 15.9 Å². The first-order chi connectivity index (χ1) is 9.27. The highest BCUT2D eigenvalue weighted by molar-refractivity contribution is 9.10. The van der Waals surface area contributed by atoms with Crippen LogP contribution in [-0.2, 0) is 6.54 Å². The zero-order valence-corrected chi connectivity index (χ0v) is 12.8. The molecule has 0 fully saturated rings. The predicted molar refractivity (Wildman–Crippen MR) is 77.8 cm³/mol. The summed E-state index contributed by atoms with van der Waals surface area (Å²) in [5, 5.41) is 11.6. The van der Waals surface area contributed by atoms with E-state index >= 15 is 0 Å². The van der Waals surface area contributed by atoms with Crippen LogP contribution in [0.3, 0.4) is 0 Å². The summed E-state index contributed by atoms with van der Waals surface area (Å²) in [7, 11) is 0. The molecule has 2 aromatic rings. The minimum Gasteiger partial charge on any atom is -0.304 e. The molecule has 5 nitrogen and oxygen atoms in total. The average molecular weight is 324 g/mol. The molecule has 0 radical (unpaired) electrons. The highest BCUT2D eigenvalue weighted by atomic mass is 79.9. The fraction of sp³-hybridized carbons (Fsp3) is 0.462. The van der Waals surface area contributed by atoms with Crippen molar-refractivity contribution < 1.29 is 0 Å². The second-order valence-corrected chi connectivity index (χ2v) is 5.10. The molecule has 1 unspecified atom stereocenters. The maximum Gasteiger partial charge on any atom is 0.0949 e. The van der Waals surface area contributed by atoms with Crippen molar-refractivity contribution in [3.8, 4) is 0 Å². The average Bonchev–Trinajstić information content (AvgIpc) is 2.86. The lowest BCUT2D eigenvalue weighted by Crippen LogP contribution is -2.26. The second-order valence-electron chi connectivity index (χ2n) is 4.24. The molecule has 0 aliphatic heterocycles. The highest BCUT2D eigenvalue weighted by Gasteiger charge is 2.21. The largest absolute Gasteiger partial charge is 0.304 e. The molecule has 0 amide bonds. The van der Waals surface area contributed by atoms with E-state index in [-0.39, 0.29) is 6.04 Å². The summed E-state index contributed by atoms with van der Waals surface area (Å²) in [6.45, 7) is 5.93. The topological polar surface area (TPSA) is 55.6 Å². The molecule has 1 N–H and O–H groups in total. The Hall–Kier alpha value is -1.27. The van der Waals surface area contributed by atoms with Gasteiger partial charge in [0.2, 0.25) is 0 Å². The number of halogens is 1. The molecule has 0 aromatic carbocycles. The van der Waals surface area contributed by atoms with Gasteiger partial charge in [0.05, 0.1) is 23.6 Å². The molecule has 2 aromatic heterocycles. The smallest absolute Gasteiger partial charge is 0.0949 e. The zero-order valence-electron chi connectivity index (χ0n) is 11.2. The Balaban J connectivity index is 2.40. The molecule has 2 heterocycles. The number of hydrogen-bond donors (Lipinski definition) is 1. The minimum atomic E-state index is 0.00197. The summed E-state index contributed by atoms with van der Waals surface area (Å²) in [4.78, 5) is 4.48. The van der Waals surface area contributed by atoms with Crippen LogP contribution in [0.1, 0.15) is 37.7 Å². The van der Waals surface area contributed by atoms with Gasteiger partial charge in [-0.25, -0.2) is 4.68 Å². The number of aryl methyl sites for hydroxylation is 1. The fourth-order valence-corrected chi connectivity index (χ4v) is 2.51. The van der Waals surface area contributed by atoms with Crippen LogP contribution < -0.4 is 5.32 Å². The van der Waals surface area contributed by atoms with Crippen molar-refractivity contribution in [2.45, 2.75) is 32.9 Å². The molecule has 2 rings (SSSR count). The quantitative estimate of drug-likeness (QED) is 0.887. The second kappa shape index (κ2) is 6.77. The van der Waals surface area contributed by atoms with Crippen LogP contribution in [0.4, 0.5) is 0 Å². The fourth-order valence-electron chi connectivity index (χ4n) is 2.03. The molecule has 0 aliphatic rings. The van der Waals surface area contributed by atoms with Crippen molar-refractivity contribution in [3.05, 3.63) is 40.4 Å². The third-order valence-corrected chi connectivity index (χ3v) is 3.52. The molecule has 0 saturated heterocycles. The van der Waals surface area contributed by atoms with Crippen molar-refractivity contribution in [1.82, 2.24) is 25.3 Å². The Kier molecular flexibility index (Phi) is 5.04. The molecule has 1 atom stereocenters. The first kappa shape index (κ1) is 14.1. The van der Waals surface area contributed by atoms with Crippen molar-refractivity contribution in [2.75, 3.05) is 6.54 Å².